The van der Waals surface area contributed by atoms with Gasteiger partial charge in [-0.2, -0.15) is 5.10 Å². The Bertz CT molecular complexity index is 757. The molecule has 2 rings (SSSR count). The van der Waals surface area contributed by atoms with Crippen LogP contribution in [-0.2, 0) is 17.4 Å². The first kappa shape index (κ1) is 21.0. The van der Waals surface area contributed by atoms with Gasteiger partial charge in [0.05, 0.1) is 12.2 Å². The number of nitrogens with two attached hydrogens (primary N) is 1. The second-order valence-electron chi connectivity index (χ2n) is 9.25. The molecule has 0 aromatic heterocycles. The number of anilines is 1. The maximum absolute atomic E-state index is 6.05. The zero-order valence-electron chi connectivity index (χ0n) is 18.0. The average molecular weight is 366 g/mol. The van der Waals surface area contributed by atoms with Gasteiger partial charge in [0.25, 0.3) is 0 Å². The molecule has 0 aliphatic carbocycles. The summed E-state index contributed by atoms with van der Waals surface area (Å²) in [7, 11) is 0. The van der Waals surface area contributed by atoms with Gasteiger partial charge in [-0.3, -0.25) is 5.01 Å². The van der Waals surface area contributed by atoms with E-state index in [1.165, 1.54) is 16.7 Å². The van der Waals surface area contributed by atoms with E-state index in [0.717, 1.165) is 12.1 Å². The summed E-state index contributed by atoms with van der Waals surface area (Å²) in [6.45, 7) is 16.1. The van der Waals surface area contributed by atoms with Crippen molar-refractivity contribution in [3.05, 3.63) is 65.2 Å². The van der Waals surface area contributed by atoms with Gasteiger partial charge in [-0.05, 0) is 39.7 Å². The molecule has 0 aliphatic rings. The molecule has 0 heterocycles. The highest BCUT2D eigenvalue weighted by Gasteiger charge is 2.16. The van der Waals surface area contributed by atoms with Crippen LogP contribution < -0.4 is 10.7 Å². The fourth-order valence-corrected chi connectivity index (χ4v) is 2.83. The summed E-state index contributed by atoms with van der Waals surface area (Å²) in [5, 5.41) is 6.65. The lowest BCUT2D eigenvalue weighted by Gasteiger charge is -2.24. The molecule has 27 heavy (non-hydrogen) atoms. The Hall–Kier alpha value is -2.29. The molecule has 3 nitrogen and oxygen atoms in total. The van der Waals surface area contributed by atoms with E-state index in [4.69, 9.17) is 5.73 Å². The first-order valence-corrected chi connectivity index (χ1v) is 9.81. The third kappa shape index (κ3) is 5.85. The predicted molar refractivity (Wildman–Crippen MR) is 118 cm³/mol. The molecule has 2 aromatic carbocycles. The molecular weight excluding hydrogens is 330 g/mol. The summed E-state index contributed by atoms with van der Waals surface area (Å²) < 4.78 is 0. The van der Waals surface area contributed by atoms with E-state index in [-0.39, 0.29) is 10.8 Å². The minimum Gasteiger partial charge on any atom is -0.386 e. The van der Waals surface area contributed by atoms with Crippen molar-refractivity contribution in [2.75, 3.05) is 5.01 Å². The van der Waals surface area contributed by atoms with E-state index in [1.807, 2.05) is 11.9 Å². The number of hydrogen-bond donors (Lipinski definition) is 1. The third-order valence-corrected chi connectivity index (χ3v) is 4.80. The van der Waals surface area contributed by atoms with Crippen LogP contribution in [0.4, 0.5) is 5.69 Å². The number of nitrogens with zero attached hydrogens (tertiary/aromatic N) is 2. The molecule has 0 spiro atoms. The molecule has 2 aromatic rings. The van der Waals surface area contributed by atoms with Crippen molar-refractivity contribution in [1.29, 1.82) is 0 Å². The Labute approximate surface area is 165 Å². The van der Waals surface area contributed by atoms with Crippen molar-refractivity contribution in [2.24, 2.45) is 10.8 Å². The van der Waals surface area contributed by atoms with Gasteiger partial charge in [-0.15, -0.1) is 0 Å². The zero-order chi connectivity index (χ0) is 20.2. The standard InChI is InChI=1S/C24H35N3/c1-8-22(25)26-27(21-15-13-20(14-16-21)24(5,6)7)17-18-9-11-19(12-10-18)23(2,3)4/h9-16H,8,17H2,1-7H3,(H2,25,26). The molecule has 0 amide bonds. The Morgan fingerprint density at radius 1 is 0.815 bits per heavy atom. The molecule has 0 saturated heterocycles. The van der Waals surface area contributed by atoms with Gasteiger partial charge in [-0.25, -0.2) is 0 Å². The Morgan fingerprint density at radius 3 is 1.67 bits per heavy atom. The molecule has 0 fully saturated rings. The third-order valence-electron chi connectivity index (χ3n) is 4.80. The van der Waals surface area contributed by atoms with Crippen LogP contribution in [0, 0.1) is 0 Å². The van der Waals surface area contributed by atoms with Crippen molar-refractivity contribution in [2.45, 2.75) is 72.3 Å². The maximum Gasteiger partial charge on any atom is 0.119 e. The molecule has 146 valence electrons. The van der Waals surface area contributed by atoms with Crippen molar-refractivity contribution < 1.29 is 0 Å². The Kier molecular flexibility index (Phi) is 6.35. The van der Waals surface area contributed by atoms with E-state index in [1.54, 1.807) is 0 Å². The van der Waals surface area contributed by atoms with Crippen LogP contribution in [0.1, 0.15) is 71.6 Å². The average Bonchev–Trinajstić information content (AvgIpc) is 2.60. The highest BCUT2D eigenvalue weighted by Crippen LogP contribution is 2.27. The van der Waals surface area contributed by atoms with Crippen molar-refractivity contribution >= 4 is 11.5 Å². The molecule has 0 saturated carbocycles. The van der Waals surface area contributed by atoms with Gasteiger partial charge >= 0.3 is 0 Å². The van der Waals surface area contributed by atoms with Gasteiger partial charge in [-0.1, -0.05) is 84.9 Å². The van der Waals surface area contributed by atoms with Crippen LogP contribution >= 0.6 is 0 Å². The van der Waals surface area contributed by atoms with Crippen molar-refractivity contribution in [1.82, 2.24) is 0 Å². The molecular formula is C24H35N3. The highest BCUT2D eigenvalue weighted by molar-refractivity contribution is 5.81. The van der Waals surface area contributed by atoms with Crippen LogP contribution in [0.2, 0.25) is 0 Å². The lowest BCUT2D eigenvalue weighted by atomic mass is 9.86. The van der Waals surface area contributed by atoms with Crippen LogP contribution in [0.5, 0.6) is 0 Å². The normalized spacial score (nSPS) is 12.9. The summed E-state index contributed by atoms with van der Waals surface area (Å²) in [4.78, 5) is 0. The second kappa shape index (κ2) is 8.16. The molecule has 0 bridgehead atoms. The largest absolute Gasteiger partial charge is 0.386 e. The van der Waals surface area contributed by atoms with E-state index >= 15 is 0 Å². The van der Waals surface area contributed by atoms with Crippen molar-refractivity contribution in [3.63, 3.8) is 0 Å². The predicted octanol–water partition coefficient (Wildman–Crippen LogP) is 5.97. The van der Waals surface area contributed by atoms with E-state index < -0.39 is 0 Å². The van der Waals surface area contributed by atoms with Gasteiger partial charge in [0, 0.05) is 6.42 Å². The Morgan fingerprint density at radius 2 is 1.26 bits per heavy atom. The van der Waals surface area contributed by atoms with E-state index in [9.17, 15) is 0 Å². The number of rotatable bonds is 5. The van der Waals surface area contributed by atoms with E-state index in [2.05, 4.69) is 95.2 Å². The summed E-state index contributed by atoms with van der Waals surface area (Å²) in [6.07, 6.45) is 0.736. The van der Waals surface area contributed by atoms with Gasteiger partial charge in [0.2, 0.25) is 0 Å². The molecule has 3 heteroatoms. The van der Waals surface area contributed by atoms with Gasteiger partial charge in [0.1, 0.15) is 5.84 Å². The lowest BCUT2D eigenvalue weighted by Crippen LogP contribution is -2.22. The van der Waals surface area contributed by atoms with E-state index in [0.29, 0.717) is 12.4 Å². The second-order valence-corrected chi connectivity index (χ2v) is 9.25. The topological polar surface area (TPSA) is 41.6 Å². The van der Waals surface area contributed by atoms with Crippen LogP contribution in [-0.4, -0.2) is 5.84 Å². The maximum atomic E-state index is 6.05. The first-order valence-electron chi connectivity index (χ1n) is 9.81. The van der Waals surface area contributed by atoms with Crippen LogP contribution in [0.15, 0.2) is 53.6 Å². The van der Waals surface area contributed by atoms with Gasteiger partial charge < -0.3 is 5.73 Å². The molecule has 2 N–H and O–H groups in total. The van der Waals surface area contributed by atoms with Crippen molar-refractivity contribution in [3.8, 4) is 0 Å². The zero-order valence-corrected chi connectivity index (χ0v) is 18.0. The lowest BCUT2D eigenvalue weighted by molar-refractivity contribution is 0.589. The highest BCUT2D eigenvalue weighted by atomic mass is 15.5. The fraction of sp³-hybridized carbons (Fsp3) is 0.458. The molecule has 0 radical (unpaired) electrons. The first-order chi connectivity index (χ1) is 12.5. The number of hydrogen-bond acceptors (Lipinski definition) is 2. The number of amidine groups is 1. The van der Waals surface area contributed by atoms with Crippen LogP contribution in [0.25, 0.3) is 0 Å². The molecule has 0 aliphatic heterocycles. The summed E-state index contributed by atoms with van der Waals surface area (Å²) in [5.74, 6) is 0.640. The summed E-state index contributed by atoms with van der Waals surface area (Å²) in [6, 6.07) is 17.4. The minimum absolute atomic E-state index is 0.137. The Balaban J connectivity index is 2.30. The summed E-state index contributed by atoms with van der Waals surface area (Å²) in [5.41, 5.74) is 11.3. The quantitative estimate of drug-likeness (QED) is 0.403. The SMILES string of the molecule is CC/C(N)=N/N(Cc1ccc(C(C)(C)C)cc1)c1ccc(C(C)(C)C)cc1. The summed E-state index contributed by atoms with van der Waals surface area (Å²) >= 11 is 0. The number of benzene rings is 2. The minimum atomic E-state index is 0.137. The smallest absolute Gasteiger partial charge is 0.119 e. The molecule has 0 atom stereocenters. The van der Waals surface area contributed by atoms with Crippen LogP contribution in [0.3, 0.4) is 0 Å². The molecule has 0 unspecified atom stereocenters. The monoisotopic (exact) mass is 365 g/mol. The fourth-order valence-electron chi connectivity index (χ4n) is 2.83. The number of hydrazone groups is 1. The van der Waals surface area contributed by atoms with Gasteiger partial charge in [0.15, 0.2) is 0 Å².